The average Bonchev–Trinajstić information content (AvgIpc) is 2.88. The first-order chi connectivity index (χ1) is 8.63. The van der Waals surface area contributed by atoms with Crippen molar-refractivity contribution in [1.82, 2.24) is 10.2 Å². The first-order valence-electron chi connectivity index (χ1n) is 6.99. The summed E-state index contributed by atoms with van der Waals surface area (Å²) in [7, 11) is 2.13. The number of nitrogens with zero attached hydrogens (tertiary/aromatic N) is 2. The zero-order valence-corrected chi connectivity index (χ0v) is 12.0. The van der Waals surface area contributed by atoms with Gasteiger partial charge in [-0.2, -0.15) is 0 Å². The van der Waals surface area contributed by atoms with Crippen LogP contribution in [0, 0.1) is 0 Å². The molecule has 1 rings (SSSR count). The van der Waals surface area contributed by atoms with Crippen LogP contribution in [-0.2, 0) is 4.74 Å². The molecule has 0 bridgehead atoms. The Bertz CT molecular complexity index is 251. The van der Waals surface area contributed by atoms with E-state index in [1.165, 1.54) is 6.42 Å². The monoisotopic (exact) mass is 256 g/mol. The van der Waals surface area contributed by atoms with Crippen LogP contribution in [0.1, 0.15) is 33.1 Å². The maximum Gasteiger partial charge on any atom is 0.188 e. The Morgan fingerprint density at radius 3 is 3.00 bits per heavy atom. The van der Waals surface area contributed by atoms with Crippen molar-refractivity contribution >= 4 is 5.96 Å². The first kappa shape index (κ1) is 15.2. The van der Waals surface area contributed by atoms with Crippen molar-refractivity contribution < 1.29 is 4.74 Å². The van der Waals surface area contributed by atoms with Gasteiger partial charge < -0.3 is 20.7 Å². The fourth-order valence-corrected chi connectivity index (χ4v) is 1.94. The summed E-state index contributed by atoms with van der Waals surface area (Å²) >= 11 is 0. The minimum Gasteiger partial charge on any atom is -0.376 e. The lowest BCUT2D eigenvalue weighted by Crippen LogP contribution is -2.40. The maximum atomic E-state index is 5.81. The second-order valence-corrected chi connectivity index (χ2v) is 5.03. The van der Waals surface area contributed by atoms with Crippen LogP contribution in [0.5, 0.6) is 0 Å². The zero-order chi connectivity index (χ0) is 13.4. The van der Waals surface area contributed by atoms with Crippen LogP contribution in [0.15, 0.2) is 4.99 Å². The highest BCUT2D eigenvalue weighted by Gasteiger charge is 2.14. The number of aliphatic imine (C=N–C) groups is 1. The van der Waals surface area contributed by atoms with Crippen molar-refractivity contribution in [3.8, 4) is 0 Å². The van der Waals surface area contributed by atoms with Gasteiger partial charge in [-0.1, -0.05) is 6.92 Å². The molecule has 1 saturated heterocycles. The Morgan fingerprint density at radius 2 is 2.39 bits per heavy atom. The predicted octanol–water partition coefficient (Wildman–Crippen LogP) is 0.800. The van der Waals surface area contributed by atoms with E-state index in [1.807, 2.05) is 0 Å². The molecule has 0 saturated carbocycles. The van der Waals surface area contributed by atoms with Crippen LogP contribution in [0.2, 0.25) is 0 Å². The van der Waals surface area contributed by atoms with Crippen molar-refractivity contribution in [1.29, 1.82) is 0 Å². The van der Waals surface area contributed by atoms with Gasteiger partial charge in [-0.05, 0) is 33.2 Å². The fraction of sp³-hybridized carbons (Fsp3) is 0.923. The molecular formula is C13H28N4O. The number of likely N-dealkylation sites (N-methyl/N-ethyl adjacent to an activating group) is 1. The Labute approximate surface area is 111 Å². The van der Waals surface area contributed by atoms with E-state index < -0.39 is 0 Å². The Hall–Kier alpha value is -0.810. The van der Waals surface area contributed by atoms with Gasteiger partial charge in [0, 0.05) is 25.7 Å². The van der Waals surface area contributed by atoms with Crippen LogP contribution in [0.3, 0.4) is 0 Å². The van der Waals surface area contributed by atoms with Crippen LogP contribution >= 0.6 is 0 Å². The summed E-state index contributed by atoms with van der Waals surface area (Å²) in [6, 6.07) is 0.608. The molecule has 0 spiro atoms. The van der Waals surface area contributed by atoms with Gasteiger partial charge in [0.25, 0.3) is 0 Å². The van der Waals surface area contributed by atoms with E-state index in [2.05, 4.69) is 36.1 Å². The summed E-state index contributed by atoms with van der Waals surface area (Å²) in [4.78, 5) is 6.63. The van der Waals surface area contributed by atoms with Crippen LogP contribution in [0.4, 0.5) is 0 Å². The number of hydrogen-bond donors (Lipinski definition) is 2. The molecule has 1 fully saturated rings. The Balaban J connectivity index is 2.11. The highest BCUT2D eigenvalue weighted by atomic mass is 16.5. The van der Waals surface area contributed by atoms with Gasteiger partial charge in [-0.3, -0.25) is 4.99 Å². The second-order valence-electron chi connectivity index (χ2n) is 5.03. The summed E-state index contributed by atoms with van der Waals surface area (Å²) in [5.74, 6) is 0.531. The lowest BCUT2D eigenvalue weighted by molar-refractivity contribution is 0.117. The van der Waals surface area contributed by atoms with E-state index in [0.717, 1.165) is 32.5 Å². The van der Waals surface area contributed by atoms with E-state index in [0.29, 0.717) is 18.5 Å². The van der Waals surface area contributed by atoms with Gasteiger partial charge in [-0.25, -0.2) is 0 Å². The summed E-state index contributed by atoms with van der Waals surface area (Å²) in [6.07, 6.45) is 3.69. The highest BCUT2D eigenvalue weighted by molar-refractivity contribution is 5.77. The van der Waals surface area contributed by atoms with E-state index in [9.17, 15) is 0 Å². The van der Waals surface area contributed by atoms with Crippen LogP contribution in [-0.4, -0.2) is 56.3 Å². The SMILES string of the molecule is CC[C@@H](C)N(C)CCNC(N)=NC[C@@H]1CCCO1. The number of nitrogens with one attached hydrogen (secondary N) is 1. The first-order valence-corrected chi connectivity index (χ1v) is 6.99. The fourth-order valence-electron chi connectivity index (χ4n) is 1.94. The third-order valence-corrected chi connectivity index (χ3v) is 3.60. The molecular weight excluding hydrogens is 228 g/mol. The Kier molecular flexibility index (Phi) is 7.05. The number of hydrogen-bond acceptors (Lipinski definition) is 3. The quantitative estimate of drug-likeness (QED) is 0.522. The largest absolute Gasteiger partial charge is 0.376 e. The molecule has 18 heavy (non-hydrogen) atoms. The third-order valence-electron chi connectivity index (χ3n) is 3.60. The molecule has 5 nitrogen and oxygen atoms in total. The number of rotatable bonds is 7. The molecule has 3 N–H and O–H groups in total. The average molecular weight is 256 g/mol. The summed E-state index contributed by atoms with van der Waals surface area (Å²) in [5, 5.41) is 3.15. The number of guanidine groups is 1. The molecule has 106 valence electrons. The number of ether oxygens (including phenoxy) is 1. The minimum absolute atomic E-state index is 0.271. The Morgan fingerprint density at radius 1 is 1.61 bits per heavy atom. The smallest absolute Gasteiger partial charge is 0.188 e. The van der Waals surface area contributed by atoms with Gasteiger partial charge in [0.1, 0.15) is 0 Å². The lowest BCUT2D eigenvalue weighted by atomic mass is 10.2. The molecule has 0 unspecified atom stereocenters. The molecule has 1 aliphatic rings. The van der Waals surface area contributed by atoms with E-state index in [4.69, 9.17) is 10.5 Å². The van der Waals surface area contributed by atoms with Gasteiger partial charge in [0.15, 0.2) is 5.96 Å². The molecule has 0 radical (unpaired) electrons. The molecule has 5 heteroatoms. The van der Waals surface area contributed by atoms with Crippen LogP contribution < -0.4 is 11.1 Å². The van der Waals surface area contributed by atoms with Crippen LogP contribution in [0.25, 0.3) is 0 Å². The standard InChI is InChI=1S/C13H28N4O/c1-4-11(2)17(3)8-7-15-13(14)16-10-12-6-5-9-18-12/h11-12H,4-10H2,1-3H3,(H3,14,15,16)/t11-,12+/m1/s1. The van der Waals surface area contributed by atoms with Crippen molar-refractivity contribution in [3.05, 3.63) is 0 Å². The van der Waals surface area contributed by atoms with Crippen molar-refractivity contribution in [2.24, 2.45) is 10.7 Å². The summed E-state index contributed by atoms with van der Waals surface area (Å²) in [5.41, 5.74) is 5.81. The van der Waals surface area contributed by atoms with Crippen molar-refractivity contribution in [3.63, 3.8) is 0 Å². The van der Waals surface area contributed by atoms with E-state index >= 15 is 0 Å². The minimum atomic E-state index is 0.271. The van der Waals surface area contributed by atoms with E-state index in [-0.39, 0.29) is 6.10 Å². The van der Waals surface area contributed by atoms with Gasteiger partial charge in [-0.15, -0.1) is 0 Å². The second kappa shape index (κ2) is 8.32. The summed E-state index contributed by atoms with van der Waals surface area (Å²) in [6.45, 7) is 7.79. The predicted molar refractivity (Wildman–Crippen MR) is 75.8 cm³/mol. The van der Waals surface area contributed by atoms with Crippen molar-refractivity contribution in [2.75, 3.05) is 33.3 Å². The van der Waals surface area contributed by atoms with Gasteiger partial charge in [0.05, 0.1) is 12.6 Å². The molecule has 0 aliphatic carbocycles. The van der Waals surface area contributed by atoms with E-state index in [1.54, 1.807) is 0 Å². The number of nitrogens with two attached hydrogens (primary N) is 1. The molecule has 0 aromatic carbocycles. The van der Waals surface area contributed by atoms with Gasteiger partial charge >= 0.3 is 0 Å². The molecule has 1 aliphatic heterocycles. The molecule has 2 atom stereocenters. The normalized spacial score (nSPS) is 22.4. The third kappa shape index (κ3) is 5.69. The maximum absolute atomic E-state index is 5.81. The highest BCUT2D eigenvalue weighted by Crippen LogP contribution is 2.11. The van der Waals surface area contributed by atoms with Gasteiger partial charge in [0.2, 0.25) is 0 Å². The molecule has 0 amide bonds. The van der Waals surface area contributed by atoms with Crippen molar-refractivity contribution in [2.45, 2.75) is 45.3 Å². The molecule has 0 aromatic rings. The summed E-state index contributed by atoms with van der Waals surface area (Å²) < 4.78 is 5.49. The zero-order valence-electron chi connectivity index (χ0n) is 12.0. The molecule has 1 heterocycles. The lowest BCUT2D eigenvalue weighted by Gasteiger charge is -2.23. The molecule has 0 aromatic heterocycles. The topological polar surface area (TPSA) is 62.9 Å².